The van der Waals surface area contributed by atoms with E-state index in [1.165, 1.54) is 6.42 Å². The molecule has 0 atom stereocenters. The lowest BCUT2D eigenvalue weighted by molar-refractivity contribution is -0.139. The van der Waals surface area contributed by atoms with Gasteiger partial charge < -0.3 is 14.2 Å². The van der Waals surface area contributed by atoms with E-state index in [0.29, 0.717) is 18.3 Å². The van der Waals surface area contributed by atoms with Gasteiger partial charge in [0.15, 0.2) is 0 Å². The molecule has 1 aliphatic carbocycles. The van der Waals surface area contributed by atoms with Gasteiger partial charge in [-0.1, -0.05) is 24.4 Å². The number of benzene rings is 1. The van der Waals surface area contributed by atoms with Crippen molar-refractivity contribution in [2.24, 2.45) is 5.92 Å². The molecule has 0 saturated heterocycles. The summed E-state index contributed by atoms with van der Waals surface area (Å²) in [5, 5.41) is 4.06. The van der Waals surface area contributed by atoms with Gasteiger partial charge >= 0.3 is 0 Å². The van der Waals surface area contributed by atoms with E-state index in [1.54, 1.807) is 7.11 Å². The molecule has 1 aromatic carbocycles. The summed E-state index contributed by atoms with van der Waals surface area (Å²) in [5.74, 6) is 2.12. The van der Waals surface area contributed by atoms with Gasteiger partial charge in [-0.15, -0.1) is 0 Å². The molecule has 0 bridgehead atoms. The number of nitrogens with zero attached hydrogens (tertiary/aromatic N) is 3. The van der Waals surface area contributed by atoms with Crippen molar-refractivity contribution in [1.29, 1.82) is 0 Å². The SMILES string of the molecule is COc1ccc(-c2noc(CN(C(=O)C3CCCCC3)C(C)C)n2)cc1. The van der Waals surface area contributed by atoms with Crippen molar-refractivity contribution < 1.29 is 14.1 Å². The lowest BCUT2D eigenvalue weighted by atomic mass is 9.88. The van der Waals surface area contributed by atoms with Crippen LogP contribution in [0.4, 0.5) is 0 Å². The van der Waals surface area contributed by atoms with Crippen molar-refractivity contribution >= 4 is 5.91 Å². The lowest BCUT2D eigenvalue weighted by Gasteiger charge is -2.31. The molecule has 6 heteroatoms. The highest BCUT2D eigenvalue weighted by Gasteiger charge is 2.28. The van der Waals surface area contributed by atoms with Crippen molar-refractivity contribution in [3.05, 3.63) is 30.2 Å². The molecule has 1 aliphatic rings. The third kappa shape index (κ3) is 4.23. The van der Waals surface area contributed by atoms with Crippen molar-refractivity contribution in [2.45, 2.75) is 58.5 Å². The zero-order valence-electron chi connectivity index (χ0n) is 15.8. The second-order valence-corrected chi connectivity index (χ2v) is 7.14. The lowest BCUT2D eigenvalue weighted by Crippen LogP contribution is -2.41. The molecule has 2 aromatic rings. The number of ether oxygens (including phenoxy) is 1. The van der Waals surface area contributed by atoms with Gasteiger partial charge in [0.05, 0.1) is 7.11 Å². The first kappa shape index (κ1) is 18.4. The Morgan fingerprint density at radius 1 is 1.23 bits per heavy atom. The summed E-state index contributed by atoms with van der Waals surface area (Å²) in [6, 6.07) is 7.60. The maximum atomic E-state index is 12.9. The highest BCUT2D eigenvalue weighted by atomic mass is 16.5. The normalized spacial score (nSPS) is 15.2. The van der Waals surface area contributed by atoms with E-state index < -0.39 is 0 Å². The van der Waals surface area contributed by atoms with Crippen LogP contribution < -0.4 is 4.74 Å². The van der Waals surface area contributed by atoms with E-state index in [-0.39, 0.29) is 17.9 Å². The Balaban J connectivity index is 1.71. The van der Waals surface area contributed by atoms with Crippen LogP contribution in [0.3, 0.4) is 0 Å². The number of hydrogen-bond donors (Lipinski definition) is 0. The van der Waals surface area contributed by atoms with Crippen LogP contribution in [0.2, 0.25) is 0 Å². The fraction of sp³-hybridized carbons (Fsp3) is 0.550. The maximum Gasteiger partial charge on any atom is 0.246 e. The second-order valence-electron chi connectivity index (χ2n) is 7.14. The number of rotatable bonds is 6. The molecule has 6 nitrogen and oxygen atoms in total. The van der Waals surface area contributed by atoms with E-state index in [0.717, 1.165) is 37.0 Å². The first-order valence-corrected chi connectivity index (χ1v) is 9.36. The van der Waals surface area contributed by atoms with Gasteiger partial charge in [0, 0.05) is 17.5 Å². The predicted octanol–water partition coefficient (Wildman–Crippen LogP) is 4.06. The molecule has 0 N–H and O–H groups in total. The molecule has 0 unspecified atom stereocenters. The Kier molecular flexibility index (Phi) is 5.91. The smallest absolute Gasteiger partial charge is 0.246 e. The Hall–Kier alpha value is -2.37. The third-order valence-corrected chi connectivity index (χ3v) is 4.98. The summed E-state index contributed by atoms with van der Waals surface area (Å²) in [6.45, 7) is 4.42. The fourth-order valence-electron chi connectivity index (χ4n) is 3.42. The minimum atomic E-state index is 0.0979. The molecule has 0 spiro atoms. The van der Waals surface area contributed by atoms with E-state index in [9.17, 15) is 4.79 Å². The molecular weight excluding hydrogens is 330 g/mol. The summed E-state index contributed by atoms with van der Waals surface area (Å²) in [4.78, 5) is 19.2. The van der Waals surface area contributed by atoms with Crippen LogP contribution in [-0.2, 0) is 11.3 Å². The van der Waals surface area contributed by atoms with Gasteiger partial charge in [-0.2, -0.15) is 4.98 Å². The highest BCUT2D eigenvalue weighted by Crippen LogP contribution is 2.27. The summed E-state index contributed by atoms with van der Waals surface area (Å²) in [5.41, 5.74) is 0.857. The van der Waals surface area contributed by atoms with Crippen molar-refractivity contribution in [3.8, 4) is 17.1 Å². The predicted molar refractivity (Wildman–Crippen MR) is 98.5 cm³/mol. The number of carbonyl (C=O) groups is 1. The largest absolute Gasteiger partial charge is 0.497 e. The highest BCUT2D eigenvalue weighted by molar-refractivity contribution is 5.79. The van der Waals surface area contributed by atoms with Crippen LogP contribution in [0.15, 0.2) is 28.8 Å². The third-order valence-electron chi connectivity index (χ3n) is 4.98. The molecule has 0 radical (unpaired) electrons. The Bertz CT molecular complexity index is 718. The van der Waals surface area contributed by atoms with E-state index in [2.05, 4.69) is 10.1 Å². The summed E-state index contributed by atoms with van der Waals surface area (Å²) >= 11 is 0. The molecule has 1 amide bonds. The molecule has 1 saturated carbocycles. The molecular formula is C20H27N3O3. The molecule has 1 fully saturated rings. The first-order chi connectivity index (χ1) is 12.6. The van der Waals surface area contributed by atoms with Crippen LogP contribution in [-0.4, -0.2) is 34.1 Å². The molecule has 140 valence electrons. The minimum Gasteiger partial charge on any atom is -0.497 e. The number of methoxy groups -OCH3 is 1. The molecule has 3 rings (SSSR count). The quantitative estimate of drug-likeness (QED) is 0.780. The van der Waals surface area contributed by atoms with Crippen LogP contribution in [0.5, 0.6) is 5.75 Å². The van der Waals surface area contributed by atoms with E-state index in [1.807, 2.05) is 43.0 Å². The number of carbonyl (C=O) groups excluding carboxylic acids is 1. The number of hydrogen-bond acceptors (Lipinski definition) is 5. The van der Waals surface area contributed by atoms with Crippen LogP contribution in [0.1, 0.15) is 51.8 Å². The zero-order valence-corrected chi connectivity index (χ0v) is 15.8. The molecule has 0 aliphatic heterocycles. The summed E-state index contributed by atoms with van der Waals surface area (Å²) < 4.78 is 10.6. The molecule has 26 heavy (non-hydrogen) atoms. The fourth-order valence-corrected chi connectivity index (χ4v) is 3.42. The minimum absolute atomic E-state index is 0.0979. The van der Waals surface area contributed by atoms with Crippen molar-refractivity contribution in [2.75, 3.05) is 7.11 Å². The topological polar surface area (TPSA) is 68.5 Å². The van der Waals surface area contributed by atoms with Gasteiger partial charge in [-0.05, 0) is 51.0 Å². The van der Waals surface area contributed by atoms with Gasteiger partial charge in [0.2, 0.25) is 17.6 Å². The van der Waals surface area contributed by atoms with Crippen molar-refractivity contribution in [3.63, 3.8) is 0 Å². The summed E-state index contributed by atoms with van der Waals surface area (Å²) in [6.07, 6.45) is 5.50. The van der Waals surface area contributed by atoms with Gasteiger partial charge in [0.1, 0.15) is 12.3 Å². The molecule has 1 heterocycles. The Morgan fingerprint density at radius 3 is 2.54 bits per heavy atom. The Labute approximate surface area is 154 Å². The summed E-state index contributed by atoms with van der Waals surface area (Å²) in [7, 11) is 1.63. The second kappa shape index (κ2) is 8.34. The zero-order chi connectivity index (χ0) is 18.5. The first-order valence-electron chi connectivity index (χ1n) is 9.36. The van der Waals surface area contributed by atoms with Crippen LogP contribution >= 0.6 is 0 Å². The van der Waals surface area contributed by atoms with Gasteiger partial charge in [0.25, 0.3) is 0 Å². The molecule has 1 aromatic heterocycles. The monoisotopic (exact) mass is 357 g/mol. The van der Waals surface area contributed by atoms with Crippen LogP contribution in [0.25, 0.3) is 11.4 Å². The van der Waals surface area contributed by atoms with E-state index in [4.69, 9.17) is 9.26 Å². The maximum absolute atomic E-state index is 12.9. The average molecular weight is 357 g/mol. The number of amides is 1. The van der Waals surface area contributed by atoms with Crippen LogP contribution in [0, 0.1) is 5.92 Å². The standard InChI is InChI=1S/C20H27N3O3/c1-14(2)23(20(24)16-7-5-4-6-8-16)13-18-21-19(22-26-18)15-9-11-17(25-3)12-10-15/h9-12,14,16H,4-8,13H2,1-3H3. The van der Waals surface area contributed by atoms with Crippen molar-refractivity contribution in [1.82, 2.24) is 15.0 Å². The van der Waals surface area contributed by atoms with Gasteiger partial charge in [-0.25, -0.2) is 0 Å². The van der Waals surface area contributed by atoms with E-state index >= 15 is 0 Å². The number of aromatic nitrogens is 2. The van der Waals surface area contributed by atoms with Gasteiger partial charge in [-0.3, -0.25) is 4.79 Å². The average Bonchev–Trinajstić information content (AvgIpc) is 3.15. The Morgan fingerprint density at radius 2 is 1.92 bits per heavy atom.